The third-order valence-electron chi connectivity index (χ3n) is 4.81. The Balaban J connectivity index is 1.90. The van der Waals surface area contributed by atoms with Gasteiger partial charge in [-0.2, -0.15) is 5.10 Å². The second kappa shape index (κ2) is 7.80. The zero-order chi connectivity index (χ0) is 17.8. The highest BCUT2D eigenvalue weighted by atomic mass is 16.5. The van der Waals surface area contributed by atoms with Crippen molar-refractivity contribution in [3.8, 4) is 0 Å². The molecule has 3 rings (SSSR count). The molecule has 0 radical (unpaired) electrons. The lowest BCUT2D eigenvalue weighted by molar-refractivity contribution is -0.132. The van der Waals surface area contributed by atoms with Gasteiger partial charge in [-0.05, 0) is 37.8 Å². The highest BCUT2D eigenvalue weighted by Crippen LogP contribution is 2.38. The van der Waals surface area contributed by atoms with Crippen molar-refractivity contribution in [3.63, 3.8) is 0 Å². The number of methoxy groups -OCH3 is 1. The fraction of sp³-hybridized carbons (Fsp3) is 0.474. The van der Waals surface area contributed by atoms with Gasteiger partial charge in [0.15, 0.2) is 0 Å². The van der Waals surface area contributed by atoms with E-state index in [1.165, 1.54) is 11.1 Å². The number of aryl methyl sites for hydroxylation is 1. The van der Waals surface area contributed by atoms with Crippen LogP contribution in [0.4, 0.5) is 0 Å². The van der Waals surface area contributed by atoms with E-state index in [1.807, 2.05) is 12.3 Å². The number of rotatable bonds is 8. The van der Waals surface area contributed by atoms with Crippen LogP contribution in [0, 0.1) is 6.92 Å². The quantitative estimate of drug-likeness (QED) is 0.571. The minimum atomic E-state index is -0.446. The van der Waals surface area contributed by atoms with E-state index in [2.05, 4.69) is 41.0 Å². The average molecular weight is 343 g/mol. The molecule has 1 aromatic heterocycles. The van der Waals surface area contributed by atoms with Crippen molar-refractivity contribution < 1.29 is 14.7 Å². The van der Waals surface area contributed by atoms with Gasteiger partial charge in [0.1, 0.15) is 0 Å². The molecule has 2 aromatic rings. The number of carbonyl (C=O) groups excluding carboxylic acids is 1. The Bertz CT molecular complexity index is 707. The largest absolute Gasteiger partial charge is 0.380 e. The summed E-state index contributed by atoms with van der Waals surface area (Å²) in [5.74, 6) is -0.466. The van der Waals surface area contributed by atoms with Crippen molar-refractivity contribution in [1.29, 1.82) is 0 Å². The number of nitrogens with zero attached hydrogens (tertiary/aromatic N) is 2. The molecular weight excluding hydrogens is 318 g/mol. The summed E-state index contributed by atoms with van der Waals surface area (Å²) in [5.41, 5.74) is 5.19. The topological polar surface area (TPSA) is 76.4 Å². The molecule has 0 saturated heterocycles. The first kappa shape index (κ1) is 17.6. The summed E-state index contributed by atoms with van der Waals surface area (Å²) in [7, 11) is 1.61. The van der Waals surface area contributed by atoms with Gasteiger partial charge in [0.2, 0.25) is 5.91 Å². The van der Waals surface area contributed by atoms with Crippen molar-refractivity contribution >= 4 is 5.91 Å². The first-order chi connectivity index (χ1) is 12.1. The van der Waals surface area contributed by atoms with Crippen LogP contribution in [0.1, 0.15) is 48.0 Å². The molecule has 25 heavy (non-hydrogen) atoms. The standard InChI is InChI=1S/C19H25N3O3/c1-13-3-5-14(6-4-13)11-16(18(25-2)12-19(23)21-24)17-9-10-20-22(17)15-7-8-15/h3-6,9-10,15-16,18,24H,7-8,11-12H2,1-2H3,(H,21,23). The predicted molar refractivity (Wildman–Crippen MR) is 93.5 cm³/mol. The Kier molecular flexibility index (Phi) is 5.50. The zero-order valence-corrected chi connectivity index (χ0v) is 14.7. The lowest BCUT2D eigenvalue weighted by Crippen LogP contribution is -2.32. The number of hydroxylamine groups is 1. The first-order valence-corrected chi connectivity index (χ1v) is 8.67. The van der Waals surface area contributed by atoms with Gasteiger partial charge >= 0.3 is 0 Å². The van der Waals surface area contributed by atoms with Crippen molar-refractivity contribution in [1.82, 2.24) is 15.3 Å². The second-order valence-electron chi connectivity index (χ2n) is 6.74. The van der Waals surface area contributed by atoms with E-state index in [1.54, 1.807) is 12.6 Å². The van der Waals surface area contributed by atoms with E-state index in [0.717, 1.165) is 25.0 Å². The molecule has 2 N–H and O–H groups in total. The first-order valence-electron chi connectivity index (χ1n) is 8.67. The van der Waals surface area contributed by atoms with E-state index in [9.17, 15) is 4.79 Å². The maximum Gasteiger partial charge on any atom is 0.245 e. The molecule has 134 valence electrons. The van der Waals surface area contributed by atoms with Crippen LogP contribution >= 0.6 is 0 Å². The van der Waals surface area contributed by atoms with Crippen molar-refractivity contribution in [2.45, 2.75) is 50.7 Å². The van der Waals surface area contributed by atoms with Gasteiger partial charge in [-0.25, -0.2) is 5.48 Å². The van der Waals surface area contributed by atoms with Crippen LogP contribution in [0.5, 0.6) is 0 Å². The van der Waals surface area contributed by atoms with Gasteiger partial charge in [0, 0.05) is 24.9 Å². The number of ether oxygens (including phenoxy) is 1. The molecule has 2 atom stereocenters. The van der Waals surface area contributed by atoms with Crippen LogP contribution in [-0.4, -0.2) is 34.1 Å². The van der Waals surface area contributed by atoms with Crippen molar-refractivity contribution in [2.75, 3.05) is 7.11 Å². The van der Waals surface area contributed by atoms with Gasteiger partial charge in [0.05, 0.1) is 18.6 Å². The molecule has 0 bridgehead atoms. The highest BCUT2D eigenvalue weighted by molar-refractivity contribution is 5.75. The van der Waals surface area contributed by atoms with Crippen molar-refractivity contribution in [2.24, 2.45) is 0 Å². The average Bonchev–Trinajstić information content (AvgIpc) is 3.36. The van der Waals surface area contributed by atoms with Crippen LogP contribution in [-0.2, 0) is 16.0 Å². The summed E-state index contributed by atoms with van der Waals surface area (Å²) in [4.78, 5) is 11.7. The number of aromatic nitrogens is 2. The van der Waals surface area contributed by atoms with Crippen LogP contribution in [0.15, 0.2) is 36.5 Å². The summed E-state index contributed by atoms with van der Waals surface area (Å²) < 4.78 is 7.72. The van der Waals surface area contributed by atoms with Crippen LogP contribution in [0.2, 0.25) is 0 Å². The number of carbonyl (C=O) groups is 1. The van der Waals surface area contributed by atoms with Crippen LogP contribution in [0.3, 0.4) is 0 Å². The lowest BCUT2D eigenvalue weighted by Gasteiger charge is -2.26. The Labute approximate surface area is 147 Å². The molecule has 1 aliphatic carbocycles. The molecule has 6 heteroatoms. The number of nitrogens with one attached hydrogen (secondary N) is 1. The maximum atomic E-state index is 11.7. The SMILES string of the molecule is COC(CC(=O)NO)C(Cc1ccc(C)cc1)c1ccnn1C1CC1. The monoisotopic (exact) mass is 343 g/mol. The summed E-state index contributed by atoms with van der Waals surface area (Å²) in [6.45, 7) is 2.06. The molecule has 1 saturated carbocycles. The minimum Gasteiger partial charge on any atom is -0.380 e. The van der Waals surface area contributed by atoms with Gasteiger partial charge in [-0.3, -0.25) is 14.7 Å². The highest BCUT2D eigenvalue weighted by Gasteiger charge is 2.33. The van der Waals surface area contributed by atoms with Gasteiger partial charge in [-0.15, -0.1) is 0 Å². The predicted octanol–water partition coefficient (Wildman–Crippen LogP) is 2.76. The third kappa shape index (κ3) is 4.27. The Morgan fingerprint density at radius 3 is 2.68 bits per heavy atom. The molecule has 1 fully saturated rings. The number of amides is 1. The summed E-state index contributed by atoms with van der Waals surface area (Å²) in [6.07, 6.45) is 4.59. The number of hydrogen-bond donors (Lipinski definition) is 2. The second-order valence-corrected chi connectivity index (χ2v) is 6.74. The zero-order valence-electron chi connectivity index (χ0n) is 14.7. The number of benzene rings is 1. The molecule has 1 aliphatic rings. The van der Waals surface area contributed by atoms with Crippen molar-refractivity contribution in [3.05, 3.63) is 53.3 Å². The van der Waals surface area contributed by atoms with E-state index in [0.29, 0.717) is 6.04 Å². The minimum absolute atomic E-state index is 0.0203. The molecule has 1 amide bonds. The van der Waals surface area contributed by atoms with E-state index in [4.69, 9.17) is 9.94 Å². The number of hydrogen-bond acceptors (Lipinski definition) is 4. The normalized spacial score (nSPS) is 16.4. The summed E-state index contributed by atoms with van der Waals surface area (Å²) >= 11 is 0. The molecule has 0 spiro atoms. The molecule has 0 aliphatic heterocycles. The fourth-order valence-electron chi connectivity index (χ4n) is 3.27. The molecule has 1 aromatic carbocycles. The van der Waals surface area contributed by atoms with Crippen LogP contribution < -0.4 is 5.48 Å². The maximum absolute atomic E-state index is 11.7. The van der Waals surface area contributed by atoms with Gasteiger partial charge < -0.3 is 4.74 Å². The molecule has 2 unspecified atom stereocenters. The summed E-state index contributed by atoms with van der Waals surface area (Å²) in [5, 5.41) is 13.4. The molecular formula is C19H25N3O3. The van der Waals surface area contributed by atoms with Crippen LogP contribution in [0.25, 0.3) is 0 Å². The fourth-order valence-corrected chi connectivity index (χ4v) is 3.27. The van der Waals surface area contributed by atoms with E-state index < -0.39 is 5.91 Å². The van der Waals surface area contributed by atoms with Gasteiger partial charge in [0.25, 0.3) is 0 Å². The van der Waals surface area contributed by atoms with E-state index >= 15 is 0 Å². The lowest BCUT2D eigenvalue weighted by atomic mass is 9.88. The molecule has 6 nitrogen and oxygen atoms in total. The smallest absolute Gasteiger partial charge is 0.245 e. The third-order valence-corrected chi connectivity index (χ3v) is 4.81. The summed E-state index contributed by atoms with van der Waals surface area (Å²) in [6, 6.07) is 10.9. The van der Waals surface area contributed by atoms with Gasteiger partial charge in [-0.1, -0.05) is 29.8 Å². The Morgan fingerprint density at radius 1 is 1.36 bits per heavy atom. The van der Waals surface area contributed by atoms with E-state index in [-0.39, 0.29) is 18.4 Å². The Morgan fingerprint density at radius 2 is 2.08 bits per heavy atom. The Hall–Kier alpha value is -2.18. The molecule has 1 heterocycles.